The van der Waals surface area contributed by atoms with Gasteiger partial charge >= 0.3 is 6.18 Å². The average molecular weight is 284 g/mol. The van der Waals surface area contributed by atoms with E-state index >= 15 is 0 Å². The number of anilines is 1. The third-order valence-electron chi connectivity index (χ3n) is 2.76. The van der Waals surface area contributed by atoms with E-state index in [-0.39, 0.29) is 6.04 Å². The molecule has 2 aromatic heterocycles. The van der Waals surface area contributed by atoms with Crippen molar-refractivity contribution in [2.24, 2.45) is 0 Å². The number of nitrogens with one attached hydrogen (secondary N) is 2. The minimum absolute atomic E-state index is 0.0157. The molecule has 0 amide bonds. The monoisotopic (exact) mass is 284 g/mol. The molecule has 0 unspecified atom stereocenters. The summed E-state index contributed by atoms with van der Waals surface area (Å²) in [4.78, 5) is 3.77. The molecular weight excluding hydrogens is 269 g/mol. The molecule has 0 aliphatic carbocycles. The quantitative estimate of drug-likeness (QED) is 0.906. The van der Waals surface area contributed by atoms with Crippen molar-refractivity contribution < 1.29 is 13.2 Å². The Morgan fingerprint density at radius 1 is 1.35 bits per heavy atom. The summed E-state index contributed by atoms with van der Waals surface area (Å²) in [6.07, 6.45) is -2.87. The highest BCUT2D eigenvalue weighted by molar-refractivity contribution is 5.37. The van der Waals surface area contributed by atoms with E-state index in [0.717, 1.165) is 23.7 Å². The number of aromatic amines is 1. The second kappa shape index (κ2) is 5.52. The van der Waals surface area contributed by atoms with Crippen LogP contribution in [0.4, 0.5) is 19.0 Å². The number of halogens is 3. The van der Waals surface area contributed by atoms with Crippen molar-refractivity contribution in [1.29, 1.82) is 0 Å². The Morgan fingerprint density at radius 2 is 2.10 bits per heavy atom. The van der Waals surface area contributed by atoms with Gasteiger partial charge in [-0.2, -0.15) is 18.3 Å². The van der Waals surface area contributed by atoms with E-state index in [1.165, 1.54) is 6.07 Å². The predicted octanol–water partition coefficient (Wildman–Crippen LogP) is 3.18. The number of hydrogen-bond acceptors (Lipinski definition) is 3. The number of aryl methyl sites for hydroxylation is 1. The van der Waals surface area contributed by atoms with Gasteiger partial charge in [-0.25, -0.2) is 4.98 Å². The molecule has 0 aromatic carbocycles. The number of rotatable bonds is 4. The van der Waals surface area contributed by atoms with Crippen molar-refractivity contribution in [3.05, 3.63) is 41.3 Å². The number of pyridine rings is 1. The molecule has 0 aliphatic rings. The number of alkyl halides is 3. The Kier molecular flexibility index (Phi) is 3.96. The van der Waals surface area contributed by atoms with Gasteiger partial charge in [0.05, 0.1) is 11.3 Å². The van der Waals surface area contributed by atoms with Gasteiger partial charge in [-0.05, 0) is 32.0 Å². The first-order valence-corrected chi connectivity index (χ1v) is 6.15. The standard InChI is InChI=1S/C13H15F3N4/c1-8(5-11-6-9(2)19-20-11)18-12-4-3-10(7-17-12)13(14,15)16/h3-4,6-8H,5H2,1-2H3,(H,17,18)(H,19,20)/t8-/m0/s1. The minimum atomic E-state index is -4.36. The zero-order valence-corrected chi connectivity index (χ0v) is 11.1. The zero-order valence-electron chi connectivity index (χ0n) is 11.1. The van der Waals surface area contributed by atoms with Gasteiger partial charge in [0.1, 0.15) is 5.82 Å². The lowest BCUT2D eigenvalue weighted by Gasteiger charge is -2.14. The molecule has 0 saturated heterocycles. The molecule has 7 heteroatoms. The van der Waals surface area contributed by atoms with E-state index < -0.39 is 11.7 Å². The topological polar surface area (TPSA) is 53.6 Å². The van der Waals surface area contributed by atoms with Crippen molar-refractivity contribution >= 4 is 5.82 Å². The van der Waals surface area contributed by atoms with Crippen molar-refractivity contribution in [1.82, 2.24) is 15.2 Å². The zero-order chi connectivity index (χ0) is 14.8. The lowest BCUT2D eigenvalue weighted by Crippen LogP contribution is -2.19. The van der Waals surface area contributed by atoms with Crippen LogP contribution >= 0.6 is 0 Å². The summed E-state index contributed by atoms with van der Waals surface area (Å²) in [5.74, 6) is 0.415. The SMILES string of the molecule is Cc1cc(C[C@H](C)Nc2ccc(C(F)(F)F)cn2)n[nH]1. The summed E-state index contributed by atoms with van der Waals surface area (Å²) in [5.41, 5.74) is 1.12. The van der Waals surface area contributed by atoms with Gasteiger partial charge in [-0.3, -0.25) is 5.10 Å². The molecule has 2 rings (SSSR count). The van der Waals surface area contributed by atoms with E-state index in [1.807, 2.05) is 19.9 Å². The number of aromatic nitrogens is 3. The molecule has 1 atom stereocenters. The lowest BCUT2D eigenvalue weighted by molar-refractivity contribution is -0.137. The van der Waals surface area contributed by atoms with Gasteiger partial charge in [0, 0.05) is 24.4 Å². The fourth-order valence-corrected chi connectivity index (χ4v) is 1.84. The molecule has 0 bridgehead atoms. The van der Waals surface area contributed by atoms with Crippen LogP contribution in [0.2, 0.25) is 0 Å². The third kappa shape index (κ3) is 3.72. The summed E-state index contributed by atoms with van der Waals surface area (Å²) in [6.45, 7) is 3.83. The molecule has 0 fully saturated rings. The highest BCUT2D eigenvalue weighted by Gasteiger charge is 2.30. The van der Waals surface area contributed by atoms with Crippen LogP contribution in [0.1, 0.15) is 23.9 Å². The Morgan fingerprint density at radius 3 is 2.60 bits per heavy atom. The smallest absolute Gasteiger partial charge is 0.367 e. The number of nitrogens with zero attached hydrogens (tertiary/aromatic N) is 2. The summed E-state index contributed by atoms with van der Waals surface area (Å²) in [5, 5.41) is 10.00. The molecule has 108 valence electrons. The van der Waals surface area contributed by atoms with Crippen LogP contribution in [0.25, 0.3) is 0 Å². The van der Waals surface area contributed by atoms with Crippen LogP contribution in [0.5, 0.6) is 0 Å². The van der Waals surface area contributed by atoms with Gasteiger partial charge in [-0.15, -0.1) is 0 Å². The van der Waals surface area contributed by atoms with Crippen LogP contribution in [-0.2, 0) is 12.6 Å². The first kappa shape index (κ1) is 14.4. The lowest BCUT2D eigenvalue weighted by atomic mass is 10.2. The highest BCUT2D eigenvalue weighted by Crippen LogP contribution is 2.28. The first-order chi connectivity index (χ1) is 9.34. The molecule has 2 heterocycles. The molecule has 0 spiro atoms. The fourth-order valence-electron chi connectivity index (χ4n) is 1.84. The van der Waals surface area contributed by atoms with E-state index in [1.54, 1.807) is 0 Å². The van der Waals surface area contributed by atoms with Gasteiger partial charge in [0.2, 0.25) is 0 Å². The second-order valence-corrected chi connectivity index (χ2v) is 4.72. The summed E-state index contributed by atoms with van der Waals surface area (Å²) in [7, 11) is 0. The predicted molar refractivity (Wildman–Crippen MR) is 69.4 cm³/mol. The van der Waals surface area contributed by atoms with Crippen molar-refractivity contribution in [3.63, 3.8) is 0 Å². The van der Waals surface area contributed by atoms with Gasteiger partial charge in [0.15, 0.2) is 0 Å². The van der Waals surface area contributed by atoms with Crippen LogP contribution < -0.4 is 5.32 Å². The van der Waals surface area contributed by atoms with Crippen LogP contribution in [0, 0.1) is 6.92 Å². The molecule has 20 heavy (non-hydrogen) atoms. The Bertz CT molecular complexity index is 560. The van der Waals surface area contributed by atoms with E-state index in [4.69, 9.17) is 0 Å². The summed E-state index contributed by atoms with van der Waals surface area (Å²) in [6, 6.07) is 4.29. The Hall–Kier alpha value is -2.05. The molecule has 0 radical (unpaired) electrons. The highest BCUT2D eigenvalue weighted by atomic mass is 19.4. The maximum Gasteiger partial charge on any atom is 0.417 e. The van der Waals surface area contributed by atoms with Crippen molar-refractivity contribution in [2.75, 3.05) is 5.32 Å². The maximum absolute atomic E-state index is 12.4. The average Bonchev–Trinajstić information content (AvgIpc) is 2.74. The largest absolute Gasteiger partial charge is 0.417 e. The Balaban J connectivity index is 1.96. The molecule has 2 N–H and O–H groups in total. The van der Waals surface area contributed by atoms with Gasteiger partial charge < -0.3 is 5.32 Å². The van der Waals surface area contributed by atoms with Gasteiger partial charge in [-0.1, -0.05) is 0 Å². The normalized spacial score (nSPS) is 13.2. The molecule has 0 aliphatic heterocycles. The maximum atomic E-state index is 12.4. The summed E-state index contributed by atoms with van der Waals surface area (Å²) >= 11 is 0. The Labute approximate surface area is 114 Å². The second-order valence-electron chi connectivity index (χ2n) is 4.72. The fraction of sp³-hybridized carbons (Fsp3) is 0.385. The molecule has 2 aromatic rings. The van der Waals surface area contributed by atoms with Gasteiger partial charge in [0.25, 0.3) is 0 Å². The van der Waals surface area contributed by atoms with Crippen molar-refractivity contribution in [2.45, 2.75) is 32.5 Å². The van der Waals surface area contributed by atoms with E-state index in [9.17, 15) is 13.2 Å². The molecule has 0 saturated carbocycles. The van der Waals surface area contributed by atoms with Crippen LogP contribution in [0.3, 0.4) is 0 Å². The summed E-state index contributed by atoms with van der Waals surface area (Å²) < 4.78 is 37.2. The first-order valence-electron chi connectivity index (χ1n) is 6.15. The van der Waals surface area contributed by atoms with Crippen molar-refractivity contribution in [3.8, 4) is 0 Å². The van der Waals surface area contributed by atoms with Crippen LogP contribution in [-0.4, -0.2) is 21.2 Å². The molecular formula is C13H15F3N4. The number of H-pyrrole nitrogens is 1. The third-order valence-corrected chi connectivity index (χ3v) is 2.76. The van der Waals surface area contributed by atoms with E-state index in [0.29, 0.717) is 12.2 Å². The minimum Gasteiger partial charge on any atom is -0.367 e. The van der Waals surface area contributed by atoms with E-state index in [2.05, 4.69) is 20.5 Å². The number of hydrogen-bond donors (Lipinski definition) is 2. The van der Waals surface area contributed by atoms with Crippen LogP contribution in [0.15, 0.2) is 24.4 Å². The molecule has 4 nitrogen and oxygen atoms in total.